The van der Waals surface area contributed by atoms with Crippen molar-refractivity contribution in [3.63, 3.8) is 0 Å². The Morgan fingerprint density at radius 2 is 1.83 bits per heavy atom. The van der Waals surface area contributed by atoms with Crippen LogP contribution in [0.5, 0.6) is 5.75 Å². The highest BCUT2D eigenvalue weighted by molar-refractivity contribution is 7.89. The number of anilines is 1. The van der Waals surface area contributed by atoms with Crippen LogP contribution in [0.4, 0.5) is 11.4 Å². The van der Waals surface area contributed by atoms with Crippen LogP contribution in [-0.2, 0) is 10.0 Å². The number of piperidine rings is 1. The molecule has 2 aromatic rings. The minimum absolute atomic E-state index is 0.0851. The highest BCUT2D eigenvalue weighted by atomic mass is 35.5. The molecule has 1 saturated heterocycles. The van der Waals surface area contributed by atoms with E-state index in [0.717, 1.165) is 37.5 Å². The van der Waals surface area contributed by atoms with Crippen molar-refractivity contribution in [1.29, 1.82) is 0 Å². The highest BCUT2D eigenvalue weighted by Gasteiger charge is 2.27. The lowest BCUT2D eigenvalue weighted by atomic mass is 10.1. The topological polar surface area (TPSA) is 130 Å². The third-order valence-corrected chi connectivity index (χ3v) is 6.70. The Morgan fingerprint density at radius 3 is 2.48 bits per heavy atom. The zero-order valence-corrected chi connectivity index (χ0v) is 16.7. The number of hydrogen-bond acceptors (Lipinski definition) is 6. The van der Waals surface area contributed by atoms with Gasteiger partial charge in [-0.2, -0.15) is 4.31 Å². The number of phenols is 1. The van der Waals surface area contributed by atoms with E-state index in [-0.39, 0.29) is 26.9 Å². The number of phenolic OH excluding ortho intramolecular Hbond substituents is 1. The molecule has 0 unspecified atom stereocenters. The first-order valence-electron chi connectivity index (χ1n) is 8.78. The number of aromatic hydroxyl groups is 1. The summed E-state index contributed by atoms with van der Waals surface area (Å²) in [6, 6.07) is 7.08. The number of sulfonamides is 1. The van der Waals surface area contributed by atoms with Gasteiger partial charge in [-0.3, -0.25) is 14.9 Å². The average Bonchev–Trinajstić information content (AvgIpc) is 2.70. The summed E-state index contributed by atoms with van der Waals surface area (Å²) in [5.41, 5.74) is -0.952. The number of benzene rings is 2. The van der Waals surface area contributed by atoms with Crippen LogP contribution in [0.15, 0.2) is 41.3 Å². The van der Waals surface area contributed by atoms with E-state index in [9.17, 15) is 28.4 Å². The van der Waals surface area contributed by atoms with E-state index in [4.69, 9.17) is 11.6 Å². The molecule has 0 radical (unpaired) electrons. The molecule has 3 rings (SSSR count). The number of nitro groups is 1. The first kappa shape index (κ1) is 21.0. The molecule has 154 valence electrons. The predicted octanol–water partition coefficient (Wildman–Crippen LogP) is 3.38. The predicted molar refractivity (Wildman–Crippen MR) is 107 cm³/mol. The zero-order valence-electron chi connectivity index (χ0n) is 15.2. The molecular weight excluding hydrogens is 422 g/mol. The molecule has 0 atom stereocenters. The molecule has 1 amide bonds. The summed E-state index contributed by atoms with van der Waals surface area (Å²) in [4.78, 5) is 22.9. The van der Waals surface area contributed by atoms with Crippen molar-refractivity contribution in [2.75, 3.05) is 18.4 Å². The molecule has 0 bridgehead atoms. The van der Waals surface area contributed by atoms with Gasteiger partial charge in [-0.25, -0.2) is 8.42 Å². The Kier molecular flexibility index (Phi) is 6.06. The van der Waals surface area contributed by atoms with E-state index < -0.39 is 26.5 Å². The summed E-state index contributed by atoms with van der Waals surface area (Å²) in [7, 11) is -3.78. The molecule has 29 heavy (non-hydrogen) atoms. The van der Waals surface area contributed by atoms with E-state index in [2.05, 4.69) is 5.32 Å². The number of nitrogens with one attached hydrogen (secondary N) is 1. The van der Waals surface area contributed by atoms with E-state index in [1.807, 2.05) is 0 Å². The molecule has 2 N–H and O–H groups in total. The fraction of sp³-hybridized carbons (Fsp3) is 0.278. The number of carbonyl (C=O) groups excluding carboxylic acids is 1. The third kappa shape index (κ3) is 4.50. The first-order chi connectivity index (χ1) is 13.7. The maximum absolute atomic E-state index is 12.8. The molecule has 1 aliphatic heterocycles. The normalized spacial score (nSPS) is 15.1. The van der Waals surface area contributed by atoms with Gasteiger partial charge in [0, 0.05) is 24.2 Å². The SMILES string of the molecule is O=C(Nc1cc(S(=O)(=O)N2CCCCC2)ccc1O)c1ccc(Cl)cc1[N+](=O)[O-]. The lowest BCUT2D eigenvalue weighted by molar-refractivity contribution is -0.385. The van der Waals surface area contributed by atoms with Gasteiger partial charge in [0.15, 0.2) is 0 Å². The number of carbonyl (C=O) groups is 1. The average molecular weight is 440 g/mol. The van der Waals surface area contributed by atoms with Gasteiger partial charge in [-0.15, -0.1) is 0 Å². The number of halogens is 1. The lowest BCUT2D eigenvalue weighted by Crippen LogP contribution is -2.35. The first-order valence-corrected chi connectivity index (χ1v) is 10.6. The number of hydrogen-bond donors (Lipinski definition) is 2. The van der Waals surface area contributed by atoms with E-state index in [1.165, 1.54) is 22.5 Å². The number of rotatable bonds is 5. The minimum atomic E-state index is -3.78. The minimum Gasteiger partial charge on any atom is -0.506 e. The molecule has 2 aromatic carbocycles. The van der Waals surface area contributed by atoms with Gasteiger partial charge in [0.1, 0.15) is 11.3 Å². The Morgan fingerprint density at radius 1 is 1.14 bits per heavy atom. The van der Waals surface area contributed by atoms with Crippen LogP contribution in [0.2, 0.25) is 5.02 Å². The molecule has 1 aliphatic rings. The molecule has 9 nitrogen and oxygen atoms in total. The van der Waals surface area contributed by atoms with Crippen LogP contribution in [-0.4, -0.2) is 41.7 Å². The summed E-state index contributed by atoms with van der Waals surface area (Å²) in [5, 5.41) is 23.7. The number of nitro benzene ring substituents is 1. The van der Waals surface area contributed by atoms with Crippen molar-refractivity contribution in [1.82, 2.24) is 4.31 Å². The van der Waals surface area contributed by atoms with Crippen molar-refractivity contribution in [3.8, 4) is 5.75 Å². The van der Waals surface area contributed by atoms with E-state index >= 15 is 0 Å². The Hall–Kier alpha value is -2.69. The van der Waals surface area contributed by atoms with E-state index in [0.29, 0.717) is 13.1 Å². The van der Waals surface area contributed by atoms with Crippen LogP contribution in [0.25, 0.3) is 0 Å². The van der Waals surface area contributed by atoms with Crippen LogP contribution in [0.1, 0.15) is 29.6 Å². The molecule has 0 spiro atoms. The summed E-state index contributed by atoms with van der Waals surface area (Å²) in [6.45, 7) is 0.809. The van der Waals surface area contributed by atoms with Crippen LogP contribution >= 0.6 is 11.6 Å². The van der Waals surface area contributed by atoms with E-state index in [1.54, 1.807) is 0 Å². The molecule has 0 saturated carbocycles. The molecule has 1 fully saturated rings. The number of nitrogens with zero attached hydrogens (tertiary/aromatic N) is 2. The summed E-state index contributed by atoms with van der Waals surface area (Å²) < 4.78 is 27.0. The Bertz CT molecular complexity index is 1070. The van der Waals surface area contributed by atoms with Crippen molar-refractivity contribution in [3.05, 3.63) is 57.1 Å². The Labute approximate surface area is 172 Å². The van der Waals surface area contributed by atoms with Gasteiger partial charge in [0.05, 0.1) is 15.5 Å². The van der Waals surface area contributed by atoms with Gasteiger partial charge in [-0.05, 0) is 43.2 Å². The summed E-state index contributed by atoms with van der Waals surface area (Å²) in [5.74, 6) is -1.25. The van der Waals surface area contributed by atoms with Crippen molar-refractivity contribution < 1.29 is 23.2 Å². The molecule has 0 aliphatic carbocycles. The van der Waals surface area contributed by atoms with Gasteiger partial charge >= 0.3 is 0 Å². The van der Waals surface area contributed by atoms with Crippen molar-refractivity contribution in [2.45, 2.75) is 24.2 Å². The second-order valence-corrected chi connectivity index (χ2v) is 8.89. The van der Waals surface area contributed by atoms with Crippen molar-refractivity contribution in [2.24, 2.45) is 0 Å². The molecular formula is C18H18ClN3O6S. The monoisotopic (exact) mass is 439 g/mol. The lowest BCUT2D eigenvalue weighted by Gasteiger charge is -2.26. The van der Waals surface area contributed by atoms with Crippen LogP contribution < -0.4 is 5.32 Å². The molecule has 11 heteroatoms. The number of amides is 1. The highest BCUT2D eigenvalue weighted by Crippen LogP contribution is 2.31. The summed E-state index contributed by atoms with van der Waals surface area (Å²) >= 11 is 5.75. The quantitative estimate of drug-likeness (QED) is 0.417. The zero-order chi connectivity index (χ0) is 21.2. The standard InChI is InChI=1S/C18H18ClN3O6S/c19-12-4-6-14(16(10-12)22(25)26)18(24)20-15-11-13(5-7-17(15)23)29(27,28)21-8-2-1-3-9-21/h4-7,10-11,23H,1-3,8-9H2,(H,20,24). The molecule has 0 aromatic heterocycles. The maximum Gasteiger partial charge on any atom is 0.283 e. The van der Waals surface area contributed by atoms with Gasteiger partial charge in [0.2, 0.25) is 10.0 Å². The van der Waals surface area contributed by atoms with Gasteiger partial charge < -0.3 is 10.4 Å². The second-order valence-electron chi connectivity index (χ2n) is 6.52. The largest absolute Gasteiger partial charge is 0.506 e. The van der Waals surface area contributed by atoms with Crippen LogP contribution in [0, 0.1) is 10.1 Å². The van der Waals surface area contributed by atoms with Gasteiger partial charge in [0.25, 0.3) is 11.6 Å². The maximum atomic E-state index is 12.8. The van der Waals surface area contributed by atoms with Crippen molar-refractivity contribution >= 4 is 38.9 Å². The Balaban J connectivity index is 1.91. The molecule has 1 heterocycles. The fourth-order valence-electron chi connectivity index (χ4n) is 3.07. The smallest absolute Gasteiger partial charge is 0.283 e. The second kappa shape index (κ2) is 8.36. The fourth-order valence-corrected chi connectivity index (χ4v) is 4.78. The summed E-state index contributed by atoms with van der Waals surface area (Å²) in [6.07, 6.45) is 2.49. The van der Waals surface area contributed by atoms with Gasteiger partial charge in [-0.1, -0.05) is 18.0 Å². The van der Waals surface area contributed by atoms with Crippen LogP contribution in [0.3, 0.4) is 0 Å². The third-order valence-electron chi connectivity index (χ3n) is 4.57.